The smallest absolute Gasteiger partial charge is 0.187 e. The molecule has 0 aliphatic carbocycles. The second-order valence-corrected chi connectivity index (χ2v) is 16.9. The zero-order chi connectivity index (χ0) is 48.0. The van der Waals surface area contributed by atoms with Crippen LogP contribution in [0.3, 0.4) is 0 Å². The van der Waals surface area contributed by atoms with Gasteiger partial charge in [-0.1, -0.05) is 0 Å². The van der Waals surface area contributed by atoms with Crippen molar-refractivity contribution in [1.82, 2.24) is 0 Å². The van der Waals surface area contributed by atoms with E-state index in [1.807, 2.05) is 0 Å². The summed E-state index contributed by atoms with van der Waals surface area (Å²) in [5.41, 5.74) is 6.26. The van der Waals surface area contributed by atoms with Crippen LogP contribution in [-0.4, -0.2) is 316 Å². The molecule has 0 amide bonds. The molecular formula is C36H63NO30. The zero-order valence-electron chi connectivity index (χ0n) is 35.1. The molecule has 21 N–H and O–H groups in total. The van der Waals surface area contributed by atoms with Crippen molar-refractivity contribution >= 4 is 0 Å². The quantitative estimate of drug-likeness (QED) is 0.117. The van der Waals surface area contributed by atoms with Crippen LogP contribution in [0.2, 0.25) is 0 Å². The third-order valence-corrected chi connectivity index (χ3v) is 12.8. The molecule has 0 unspecified atom stereocenters. The first kappa shape index (κ1) is 55.1. The molecule has 67 heavy (non-hydrogen) atoms. The summed E-state index contributed by atoms with van der Waals surface area (Å²) < 4.78 is 68.4. The van der Waals surface area contributed by atoms with Crippen molar-refractivity contribution in [2.45, 2.75) is 184 Å². The van der Waals surface area contributed by atoms with E-state index >= 15 is 0 Å². The summed E-state index contributed by atoms with van der Waals surface area (Å²) in [4.78, 5) is 0. The number of hydrogen-bond donors (Lipinski definition) is 18. The van der Waals surface area contributed by atoms with Gasteiger partial charge in [0.1, 0.15) is 140 Å². The van der Waals surface area contributed by atoms with E-state index in [1.165, 1.54) is 0 Å². The second-order valence-electron chi connectivity index (χ2n) is 16.9. The Morgan fingerprint density at radius 2 is 0.403 bits per heavy atom. The van der Waals surface area contributed by atoms with E-state index in [-0.39, 0.29) is 5.48 Å². The van der Waals surface area contributed by atoms with Gasteiger partial charge in [-0.2, -0.15) is 0 Å². The summed E-state index contributed by atoms with van der Waals surface area (Å²) >= 11 is 0. The minimum Gasteiger partial charge on any atom is -0.412 e. The van der Waals surface area contributed by atoms with Crippen LogP contribution in [0.25, 0.3) is 0 Å². The van der Waals surface area contributed by atoms with Crippen molar-refractivity contribution in [1.29, 1.82) is 0 Å². The maximum atomic E-state index is 11.3. The highest BCUT2D eigenvalue weighted by molar-refractivity contribution is 5.01. The van der Waals surface area contributed by atoms with E-state index in [1.54, 1.807) is 0 Å². The van der Waals surface area contributed by atoms with Crippen LogP contribution in [0.4, 0.5) is 0 Å². The topological polar surface area (TPSA) is 512 Å². The van der Waals surface area contributed by atoms with Gasteiger partial charge in [0.15, 0.2) is 37.7 Å². The van der Waals surface area contributed by atoms with Crippen LogP contribution in [0.5, 0.6) is 0 Å². The van der Waals surface area contributed by atoms with Gasteiger partial charge in [0.25, 0.3) is 0 Å². The predicted molar refractivity (Wildman–Crippen MR) is 201 cm³/mol. The Morgan fingerprint density at radius 1 is 0.239 bits per heavy atom. The highest BCUT2D eigenvalue weighted by Gasteiger charge is 2.58. The fraction of sp³-hybridized carbons (Fsp3) is 1.00. The lowest BCUT2D eigenvalue weighted by molar-refractivity contribution is -0.400. The molecule has 31 heteroatoms. The Kier molecular flexibility index (Phi) is 19.0. The number of rotatable bonds is 6. The Morgan fingerprint density at radius 3 is 0.597 bits per heavy atom. The third kappa shape index (κ3) is 10.7. The van der Waals surface area contributed by atoms with E-state index in [9.17, 15) is 86.8 Å². The average molecular weight is 990 g/mol. The van der Waals surface area contributed by atoms with Gasteiger partial charge >= 0.3 is 0 Å². The van der Waals surface area contributed by atoms with Gasteiger partial charge in [-0.15, -0.1) is 0 Å². The van der Waals surface area contributed by atoms with Crippen LogP contribution >= 0.6 is 0 Å². The van der Waals surface area contributed by atoms with Crippen LogP contribution in [0, 0.1) is 0 Å². The van der Waals surface area contributed by atoms with Crippen molar-refractivity contribution in [3.05, 3.63) is 0 Å². The molecule has 30 atom stereocenters. The molecule has 0 saturated carbocycles. The fourth-order valence-electron chi connectivity index (χ4n) is 8.97. The second kappa shape index (κ2) is 23.1. The van der Waals surface area contributed by atoms with E-state index in [4.69, 9.17) is 62.6 Å². The summed E-state index contributed by atoms with van der Waals surface area (Å²) in [6.07, 6.45) is -55.1. The first-order valence-electron chi connectivity index (χ1n) is 21.2. The van der Waals surface area contributed by atoms with E-state index in [0.29, 0.717) is 0 Å². The van der Waals surface area contributed by atoms with Crippen molar-refractivity contribution in [2.75, 3.05) is 39.6 Å². The molecule has 31 nitrogen and oxygen atoms in total. The molecule has 16 heterocycles. The molecule has 16 aliphatic rings. The van der Waals surface area contributed by atoms with Crippen molar-refractivity contribution in [3.8, 4) is 0 Å². The van der Waals surface area contributed by atoms with Crippen LogP contribution in [0.15, 0.2) is 0 Å². The van der Waals surface area contributed by atoms with Crippen molar-refractivity contribution < 1.29 is 149 Å². The first-order valence-corrected chi connectivity index (χ1v) is 21.2. The van der Waals surface area contributed by atoms with Gasteiger partial charge in [0.05, 0.1) is 45.7 Å². The normalized spacial score (nSPS) is 54.5. The lowest BCUT2D eigenvalue weighted by Gasteiger charge is -2.50. The molecule has 0 aromatic rings. The standard InChI is InChI=1S/C36H61NO29.H2O/c37-13-14(44)25-7(1-38)55-31(13)61-26-8(2-39)56-33(20(50)15(26)45)63-28-10(4-41)58-35(22(52)17(28)47)65-30-12(6-43)60-36(24(54)19(30)49)66-29-11(5-42)59-34(23(53)18(29)48)64-27-9(3-40)57-32(62-25)21(51)16(27)46;/h7-36,38-54H,1-6,37H2;1H2/t7-,8-,9-,10-,11-,12-,13+,14-,15-,16-,17-,18-,19-,20-,21-,22-,23-,24-,25-,26-,27-,28-,29-,30-,31+,32-,33-,34-,35-,36-;/m1./s1. The highest BCUT2D eigenvalue weighted by atomic mass is 16.8. The average Bonchev–Trinajstić information content (AvgIpc) is 3.31. The minimum atomic E-state index is -2.14. The lowest BCUT2D eigenvalue weighted by atomic mass is 9.94. The number of hydrogen-bond acceptors (Lipinski definition) is 30. The molecule has 12 bridgehead atoms. The maximum absolute atomic E-state index is 11.3. The van der Waals surface area contributed by atoms with Crippen LogP contribution < -0.4 is 5.73 Å². The van der Waals surface area contributed by atoms with E-state index in [0.717, 1.165) is 0 Å². The van der Waals surface area contributed by atoms with Gasteiger partial charge in [0.2, 0.25) is 0 Å². The SMILES string of the molecule is N[C@@H]1[C@@H]2O[C@H]3[C@H](O)[C@@H](O)[C@@H](O[C@H]4[C@H](O)[C@@H](O)[C@@H](O[C@H]5[C@H](O)[C@@H](O)[C@@H](O[C@H]6[C@H](O)[C@@H](O)[C@@H](O[C@H]7[C@H](O)[C@@H](O)[C@@H](O[C@@H]([C@@H]1O)[C@@H](CO)O2)O[C@@H]7CO)O[C@@H]6CO)O[C@@H]5CO)O[C@@H]4CO)O[C@@H]3CO.O. The molecule has 16 saturated heterocycles. The molecule has 16 rings (SSSR count). The molecule has 0 aromatic heterocycles. The Balaban J connectivity index is 0.00000741. The van der Waals surface area contributed by atoms with Gasteiger partial charge in [0, 0.05) is 0 Å². The van der Waals surface area contributed by atoms with Crippen molar-refractivity contribution in [3.63, 3.8) is 0 Å². The number of nitrogens with two attached hydrogens (primary N) is 1. The summed E-state index contributed by atoms with van der Waals surface area (Å²) in [7, 11) is 0. The monoisotopic (exact) mass is 989 g/mol. The summed E-state index contributed by atoms with van der Waals surface area (Å²) in [6, 6.07) is -1.65. The maximum Gasteiger partial charge on any atom is 0.187 e. The van der Waals surface area contributed by atoms with Gasteiger partial charge in [-0.25, -0.2) is 0 Å². The van der Waals surface area contributed by atoms with Crippen molar-refractivity contribution in [2.24, 2.45) is 5.73 Å². The summed E-state index contributed by atoms with van der Waals surface area (Å²) in [5.74, 6) is 0. The van der Waals surface area contributed by atoms with E-state index in [2.05, 4.69) is 0 Å². The zero-order valence-corrected chi connectivity index (χ0v) is 35.1. The van der Waals surface area contributed by atoms with Gasteiger partial charge in [-0.05, 0) is 0 Å². The summed E-state index contributed by atoms with van der Waals surface area (Å²) in [6.45, 7) is -5.84. The fourth-order valence-corrected chi connectivity index (χ4v) is 8.97. The number of ether oxygens (including phenoxy) is 12. The third-order valence-electron chi connectivity index (χ3n) is 12.8. The Bertz CT molecular complexity index is 1240. The van der Waals surface area contributed by atoms with Crippen LogP contribution in [-0.2, 0) is 56.8 Å². The number of aliphatic hydroxyl groups is 17. The predicted octanol–water partition coefficient (Wildman–Crippen LogP) is -13.9. The largest absolute Gasteiger partial charge is 0.412 e. The van der Waals surface area contributed by atoms with Gasteiger partial charge in [-0.3, -0.25) is 0 Å². The Hall–Kier alpha value is -1.24. The Labute approximate surface area is 378 Å². The molecule has 0 aromatic carbocycles. The molecule has 392 valence electrons. The molecule has 0 radical (unpaired) electrons. The molecule has 16 fully saturated rings. The van der Waals surface area contributed by atoms with E-state index < -0.39 is 224 Å². The van der Waals surface area contributed by atoms with Gasteiger partial charge < -0.3 is 155 Å². The number of aliphatic hydroxyl groups excluding tert-OH is 17. The molecule has 16 aliphatic heterocycles. The first-order chi connectivity index (χ1) is 31.4. The minimum absolute atomic E-state index is 0. The lowest BCUT2D eigenvalue weighted by Crippen LogP contribution is -2.69. The molecule has 0 spiro atoms. The molecular weight excluding hydrogens is 926 g/mol. The highest BCUT2D eigenvalue weighted by Crippen LogP contribution is 2.37. The van der Waals surface area contributed by atoms with Crippen LogP contribution in [0.1, 0.15) is 0 Å². The summed E-state index contributed by atoms with van der Waals surface area (Å²) in [5, 5.41) is 185.